The Labute approximate surface area is 74.8 Å². The highest BCUT2D eigenvalue weighted by Gasteiger charge is 2.12. The normalized spacial score (nSPS) is 16.5. The van der Waals surface area contributed by atoms with Gasteiger partial charge in [-0.3, -0.25) is 0 Å². The molecular formula is C9H21NO2. The minimum absolute atomic E-state index is 0.103. The Bertz CT molecular complexity index is 107. The molecule has 74 valence electrons. The number of rotatable bonds is 6. The third-order valence-electron chi connectivity index (χ3n) is 2.09. The lowest BCUT2D eigenvalue weighted by Gasteiger charge is -2.21. The zero-order chi connectivity index (χ0) is 9.56. The second-order valence-corrected chi connectivity index (χ2v) is 3.50. The topological polar surface area (TPSA) is 52.5 Å². The van der Waals surface area contributed by atoms with Crippen LogP contribution in [0.5, 0.6) is 0 Å². The predicted octanol–water partition coefficient (Wildman–Crippen LogP) is 0.364. The largest absolute Gasteiger partial charge is 0.395 e. The van der Waals surface area contributed by atoms with Crippen LogP contribution in [-0.2, 0) is 0 Å². The highest BCUT2D eigenvalue weighted by atomic mass is 16.3. The second kappa shape index (κ2) is 6.40. The molecule has 3 N–H and O–H groups in total. The number of hydrogen-bond acceptors (Lipinski definition) is 3. The van der Waals surface area contributed by atoms with Crippen LogP contribution in [0.4, 0.5) is 0 Å². The first-order valence-electron chi connectivity index (χ1n) is 4.64. The summed E-state index contributed by atoms with van der Waals surface area (Å²) in [6.07, 6.45) is 0.460. The summed E-state index contributed by atoms with van der Waals surface area (Å²) in [7, 11) is 0. The van der Waals surface area contributed by atoms with E-state index in [1.54, 1.807) is 0 Å². The molecule has 0 rings (SSSR count). The van der Waals surface area contributed by atoms with Gasteiger partial charge in [0.25, 0.3) is 0 Å². The minimum Gasteiger partial charge on any atom is -0.395 e. The van der Waals surface area contributed by atoms with E-state index in [9.17, 15) is 5.11 Å². The molecule has 0 aliphatic rings. The highest BCUT2D eigenvalue weighted by Crippen LogP contribution is 2.00. The molecule has 12 heavy (non-hydrogen) atoms. The van der Waals surface area contributed by atoms with Crippen LogP contribution in [0, 0.1) is 5.92 Å². The van der Waals surface area contributed by atoms with Crippen molar-refractivity contribution >= 4 is 0 Å². The third-order valence-corrected chi connectivity index (χ3v) is 2.09. The summed E-state index contributed by atoms with van der Waals surface area (Å²) in [6, 6.07) is 0.103. The van der Waals surface area contributed by atoms with Crippen LogP contribution in [-0.4, -0.2) is 35.5 Å². The zero-order valence-electron chi connectivity index (χ0n) is 8.25. The van der Waals surface area contributed by atoms with Gasteiger partial charge in [0, 0.05) is 12.6 Å². The Balaban J connectivity index is 3.58. The summed E-state index contributed by atoms with van der Waals surface area (Å²) in [5, 5.41) is 21.3. The molecule has 0 radical (unpaired) electrons. The van der Waals surface area contributed by atoms with Crippen LogP contribution < -0.4 is 5.32 Å². The monoisotopic (exact) mass is 175 g/mol. The highest BCUT2D eigenvalue weighted by molar-refractivity contribution is 4.70. The maximum atomic E-state index is 9.24. The molecule has 2 atom stereocenters. The molecule has 3 heteroatoms. The number of aliphatic hydroxyl groups is 2. The van der Waals surface area contributed by atoms with Crippen LogP contribution in [0.25, 0.3) is 0 Å². The van der Waals surface area contributed by atoms with E-state index in [1.165, 1.54) is 0 Å². The van der Waals surface area contributed by atoms with Crippen LogP contribution in [0.1, 0.15) is 27.2 Å². The maximum Gasteiger partial charge on any atom is 0.0662 e. The Morgan fingerprint density at radius 3 is 2.25 bits per heavy atom. The van der Waals surface area contributed by atoms with Gasteiger partial charge in [-0.2, -0.15) is 0 Å². The predicted molar refractivity (Wildman–Crippen MR) is 50.0 cm³/mol. The van der Waals surface area contributed by atoms with Gasteiger partial charge in [0.1, 0.15) is 0 Å². The first-order valence-corrected chi connectivity index (χ1v) is 4.64. The first kappa shape index (κ1) is 11.9. The second-order valence-electron chi connectivity index (χ2n) is 3.50. The molecule has 3 nitrogen and oxygen atoms in total. The van der Waals surface area contributed by atoms with E-state index in [0.29, 0.717) is 12.5 Å². The van der Waals surface area contributed by atoms with Crippen LogP contribution in [0.2, 0.25) is 0 Å². The Hall–Kier alpha value is -0.120. The van der Waals surface area contributed by atoms with E-state index >= 15 is 0 Å². The number of aliphatic hydroxyl groups excluding tert-OH is 2. The van der Waals surface area contributed by atoms with Crippen molar-refractivity contribution in [3.63, 3.8) is 0 Å². The van der Waals surface area contributed by atoms with E-state index in [0.717, 1.165) is 6.42 Å². The van der Waals surface area contributed by atoms with Crippen molar-refractivity contribution in [3.05, 3.63) is 0 Å². The van der Waals surface area contributed by atoms with Crippen molar-refractivity contribution in [2.75, 3.05) is 13.2 Å². The molecule has 0 aliphatic heterocycles. The molecule has 0 aromatic heterocycles. The fourth-order valence-corrected chi connectivity index (χ4v) is 0.943. The van der Waals surface area contributed by atoms with Crippen LogP contribution in [0.15, 0.2) is 0 Å². The van der Waals surface area contributed by atoms with Gasteiger partial charge in [0.15, 0.2) is 0 Å². The first-order chi connectivity index (χ1) is 5.61. The summed E-state index contributed by atoms with van der Waals surface area (Å²) in [5.74, 6) is 0.402. The molecule has 0 spiro atoms. The average Bonchev–Trinajstić information content (AvgIpc) is 2.04. The molecular weight excluding hydrogens is 154 g/mol. The van der Waals surface area contributed by atoms with Crippen molar-refractivity contribution in [3.8, 4) is 0 Å². The van der Waals surface area contributed by atoms with Gasteiger partial charge < -0.3 is 15.5 Å². The Kier molecular flexibility index (Phi) is 6.34. The SMILES string of the molecule is CCC(O)CN[C@H](CO)C(C)C. The molecule has 0 bridgehead atoms. The summed E-state index contributed by atoms with van der Waals surface area (Å²) < 4.78 is 0. The number of nitrogens with one attached hydrogen (secondary N) is 1. The fourth-order valence-electron chi connectivity index (χ4n) is 0.943. The van der Waals surface area contributed by atoms with Gasteiger partial charge in [0.05, 0.1) is 12.7 Å². The average molecular weight is 175 g/mol. The lowest BCUT2D eigenvalue weighted by molar-refractivity contribution is 0.144. The van der Waals surface area contributed by atoms with E-state index in [-0.39, 0.29) is 18.8 Å². The van der Waals surface area contributed by atoms with E-state index in [2.05, 4.69) is 5.32 Å². The van der Waals surface area contributed by atoms with Crippen LogP contribution >= 0.6 is 0 Å². The lowest BCUT2D eigenvalue weighted by atomic mass is 10.1. The van der Waals surface area contributed by atoms with Crippen molar-refractivity contribution in [2.24, 2.45) is 5.92 Å². The van der Waals surface area contributed by atoms with Crippen molar-refractivity contribution in [1.82, 2.24) is 5.32 Å². The molecule has 0 fully saturated rings. The van der Waals surface area contributed by atoms with E-state index < -0.39 is 0 Å². The van der Waals surface area contributed by atoms with Crippen LogP contribution in [0.3, 0.4) is 0 Å². The Morgan fingerprint density at radius 1 is 1.33 bits per heavy atom. The van der Waals surface area contributed by atoms with Crippen molar-refractivity contribution < 1.29 is 10.2 Å². The van der Waals surface area contributed by atoms with Gasteiger partial charge >= 0.3 is 0 Å². The minimum atomic E-state index is -0.294. The lowest BCUT2D eigenvalue weighted by Crippen LogP contribution is -2.41. The van der Waals surface area contributed by atoms with Crippen molar-refractivity contribution in [2.45, 2.75) is 39.3 Å². The maximum absolute atomic E-state index is 9.24. The molecule has 0 aromatic rings. The standard InChI is InChI=1S/C9H21NO2/c1-4-8(12)5-10-9(6-11)7(2)3/h7-12H,4-6H2,1-3H3/t8?,9-/m1/s1. The molecule has 1 unspecified atom stereocenters. The summed E-state index contributed by atoms with van der Waals surface area (Å²) in [4.78, 5) is 0. The summed E-state index contributed by atoms with van der Waals surface area (Å²) >= 11 is 0. The van der Waals surface area contributed by atoms with Gasteiger partial charge in [-0.05, 0) is 12.3 Å². The quantitative estimate of drug-likeness (QED) is 0.546. The zero-order valence-corrected chi connectivity index (χ0v) is 8.25. The van der Waals surface area contributed by atoms with Gasteiger partial charge in [-0.1, -0.05) is 20.8 Å². The van der Waals surface area contributed by atoms with Gasteiger partial charge in [-0.15, -0.1) is 0 Å². The molecule has 0 heterocycles. The van der Waals surface area contributed by atoms with Gasteiger partial charge in [-0.25, -0.2) is 0 Å². The fraction of sp³-hybridized carbons (Fsp3) is 1.00. The van der Waals surface area contributed by atoms with E-state index in [1.807, 2.05) is 20.8 Å². The smallest absolute Gasteiger partial charge is 0.0662 e. The van der Waals surface area contributed by atoms with E-state index in [4.69, 9.17) is 5.11 Å². The molecule has 0 aromatic carbocycles. The molecule has 0 amide bonds. The summed E-state index contributed by atoms with van der Waals surface area (Å²) in [6.45, 7) is 6.74. The third kappa shape index (κ3) is 4.70. The molecule has 0 saturated carbocycles. The Morgan fingerprint density at radius 2 is 1.92 bits per heavy atom. The molecule has 0 aliphatic carbocycles. The van der Waals surface area contributed by atoms with Gasteiger partial charge in [0.2, 0.25) is 0 Å². The summed E-state index contributed by atoms with van der Waals surface area (Å²) in [5.41, 5.74) is 0. The van der Waals surface area contributed by atoms with Crippen molar-refractivity contribution in [1.29, 1.82) is 0 Å². The number of hydrogen-bond donors (Lipinski definition) is 3. The molecule has 0 saturated heterocycles.